The predicted octanol–water partition coefficient (Wildman–Crippen LogP) is 4.55. The van der Waals surface area contributed by atoms with Gasteiger partial charge in [0.2, 0.25) is 5.91 Å². The van der Waals surface area contributed by atoms with E-state index in [1.54, 1.807) is 12.5 Å². The molecule has 4 nitrogen and oxygen atoms in total. The van der Waals surface area contributed by atoms with E-state index in [-0.39, 0.29) is 5.91 Å². The van der Waals surface area contributed by atoms with Crippen molar-refractivity contribution in [2.24, 2.45) is 0 Å². The number of amides is 1. The lowest BCUT2D eigenvalue weighted by Gasteiger charge is -2.07. The summed E-state index contributed by atoms with van der Waals surface area (Å²) in [5, 5.41) is 5.17. The molecule has 4 aromatic rings. The van der Waals surface area contributed by atoms with Crippen LogP contribution in [0.3, 0.4) is 0 Å². The molecule has 0 aliphatic carbocycles. The van der Waals surface area contributed by atoms with Gasteiger partial charge >= 0.3 is 0 Å². The topological polar surface area (TPSA) is 55.4 Å². The van der Waals surface area contributed by atoms with E-state index in [0.717, 1.165) is 27.7 Å². The number of fused-ring (bicyclic) bond motifs is 1. The fourth-order valence-corrected chi connectivity index (χ4v) is 2.90. The summed E-state index contributed by atoms with van der Waals surface area (Å²) in [5.41, 5.74) is 1.91. The van der Waals surface area contributed by atoms with Gasteiger partial charge in [-0.1, -0.05) is 42.5 Å². The highest BCUT2D eigenvalue weighted by Gasteiger charge is 2.09. The number of nitrogens with one attached hydrogen (secondary N) is 1. The minimum Gasteiger partial charge on any atom is -0.472 e. The van der Waals surface area contributed by atoms with Crippen LogP contribution in [0.4, 0.5) is 0 Å². The molecule has 2 heterocycles. The molecule has 0 aliphatic heterocycles. The molecule has 0 aliphatic rings. The maximum absolute atomic E-state index is 12.3. The van der Waals surface area contributed by atoms with Crippen molar-refractivity contribution in [3.63, 3.8) is 0 Å². The summed E-state index contributed by atoms with van der Waals surface area (Å²) in [6, 6.07) is 19.7. The molecule has 0 radical (unpaired) electrons. The van der Waals surface area contributed by atoms with Gasteiger partial charge in [-0.3, -0.25) is 4.79 Å². The first-order valence-corrected chi connectivity index (χ1v) is 8.14. The number of furan rings is 2. The van der Waals surface area contributed by atoms with E-state index in [1.165, 1.54) is 0 Å². The van der Waals surface area contributed by atoms with Gasteiger partial charge in [-0.15, -0.1) is 0 Å². The fourth-order valence-electron chi connectivity index (χ4n) is 2.90. The Bertz CT molecular complexity index is 994. The van der Waals surface area contributed by atoms with Crippen LogP contribution < -0.4 is 5.32 Å². The van der Waals surface area contributed by atoms with Gasteiger partial charge in [-0.05, 0) is 34.5 Å². The lowest BCUT2D eigenvalue weighted by molar-refractivity contribution is -0.120. The molecule has 1 amide bonds. The molecule has 2 aromatic carbocycles. The Balaban J connectivity index is 1.41. The molecular formula is C21H17NO3. The van der Waals surface area contributed by atoms with Gasteiger partial charge in [-0.2, -0.15) is 0 Å². The summed E-state index contributed by atoms with van der Waals surface area (Å²) in [5.74, 6) is 1.41. The Hall–Kier alpha value is -3.27. The third-order valence-electron chi connectivity index (χ3n) is 4.16. The van der Waals surface area contributed by atoms with Crippen LogP contribution in [0.2, 0.25) is 0 Å². The van der Waals surface area contributed by atoms with Crippen LogP contribution in [0.5, 0.6) is 0 Å². The molecule has 0 saturated heterocycles. The van der Waals surface area contributed by atoms with E-state index in [1.807, 2.05) is 48.5 Å². The van der Waals surface area contributed by atoms with Crippen molar-refractivity contribution in [2.45, 2.75) is 13.0 Å². The van der Waals surface area contributed by atoms with Gasteiger partial charge in [-0.25, -0.2) is 0 Å². The standard InChI is InChI=1S/C21H17NO3/c23-21(12-16-6-3-5-15-4-1-2-7-19(15)16)22-13-18-8-9-20(25-18)17-10-11-24-14-17/h1-11,14H,12-13H2,(H,22,23). The molecule has 0 atom stereocenters. The zero-order valence-corrected chi connectivity index (χ0v) is 13.6. The summed E-state index contributed by atoms with van der Waals surface area (Å²) in [6.45, 7) is 0.363. The number of carbonyl (C=O) groups excluding carboxylic acids is 1. The fraction of sp³-hybridized carbons (Fsp3) is 0.0952. The average Bonchev–Trinajstić information content (AvgIpc) is 3.32. The lowest BCUT2D eigenvalue weighted by atomic mass is 10.0. The van der Waals surface area contributed by atoms with E-state index in [0.29, 0.717) is 18.7 Å². The molecule has 124 valence electrons. The average molecular weight is 331 g/mol. The minimum absolute atomic E-state index is 0.0300. The van der Waals surface area contributed by atoms with Crippen molar-refractivity contribution in [3.05, 3.63) is 84.5 Å². The van der Waals surface area contributed by atoms with Crippen LogP contribution in [0.25, 0.3) is 22.1 Å². The second-order valence-electron chi connectivity index (χ2n) is 5.87. The van der Waals surface area contributed by atoms with Gasteiger partial charge in [0.1, 0.15) is 17.8 Å². The first-order chi connectivity index (χ1) is 12.3. The monoisotopic (exact) mass is 331 g/mol. The first-order valence-electron chi connectivity index (χ1n) is 8.14. The van der Waals surface area contributed by atoms with Crippen molar-refractivity contribution >= 4 is 16.7 Å². The van der Waals surface area contributed by atoms with Gasteiger partial charge < -0.3 is 14.2 Å². The minimum atomic E-state index is -0.0300. The maximum atomic E-state index is 12.3. The summed E-state index contributed by atoms with van der Waals surface area (Å²) < 4.78 is 10.8. The number of rotatable bonds is 5. The van der Waals surface area contributed by atoms with E-state index >= 15 is 0 Å². The third kappa shape index (κ3) is 3.33. The Morgan fingerprint density at radius 2 is 1.84 bits per heavy atom. The zero-order valence-electron chi connectivity index (χ0n) is 13.6. The van der Waals surface area contributed by atoms with Crippen LogP contribution in [0.1, 0.15) is 11.3 Å². The van der Waals surface area contributed by atoms with E-state index in [2.05, 4.69) is 17.4 Å². The number of hydrogen-bond donors (Lipinski definition) is 1. The SMILES string of the molecule is O=C(Cc1cccc2ccccc12)NCc1ccc(-c2ccoc2)o1. The molecule has 0 bridgehead atoms. The Labute approximate surface area is 145 Å². The van der Waals surface area contributed by atoms with Crippen LogP contribution in [-0.4, -0.2) is 5.91 Å². The molecule has 0 saturated carbocycles. The molecule has 0 spiro atoms. The van der Waals surface area contributed by atoms with Crippen LogP contribution >= 0.6 is 0 Å². The zero-order chi connectivity index (χ0) is 17.1. The Kier molecular flexibility index (Phi) is 4.09. The number of hydrogen-bond acceptors (Lipinski definition) is 3. The van der Waals surface area contributed by atoms with E-state index < -0.39 is 0 Å². The van der Waals surface area contributed by atoms with Crippen molar-refractivity contribution in [2.75, 3.05) is 0 Å². The largest absolute Gasteiger partial charge is 0.472 e. The van der Waals surface area contributed by atoms with Gasteiger partial charge in [0.15, 0.2) is 0 Å². The quantitative estimate of drug-likeness (QED) is 0.583. The molecule has 2 aromatic heterocycles. The lowest BCUT2D eigenvalue weighted by Crippen LogP contribution is -2.24. The van der Waals surface area contributed by atoms with E-state index in [9.17, 15) is 4.79 Å². The Morgan fingerprint density at radius 3 is 2.72 bits per heavy atom. The summed E-state index contributed by atoms with van der Waals surface area (Å²) in [4.78, 5) is 12.3. The van der Waals surface area contributed by atoms with Crippen LogP contribution in [-0.2, 0) is 17.8 Å². The molecule has 25 heavy (non-hydrogen) atoms. The second kappa shape index (κ2) is 6.69. The molecule has 1 N–H and O–H groups in total. The molecular weight excluding hydrogens is 314 g/mol. The summed E-state index contributed by atoms with van der Waals surface area (Å²) >= 11 is 0. The van der Waals surface area contributed by atoms with E-state index in [4.69, 9.17) is 8.83 Å². The highest BCUT2D eigenvalue weighted by molar-refractivity contribution is 5.90. The van der Waals surface area contributed by atoms with Crippen molar-refractivity contribution < 1.29 is 13.6 Å². The summed E-state index contributed by atoms with van der Waals surface area (Å²) in [7, 11) is 0. The van der Waals surface area contributed by atoms with Crippen LogP contribution in [0.15, 0.2) is 82.0 Å². The third-order valence-corrected chi connectivity index (χ3v) is 4.16. The van der Waals surface area contributed by atoms with Gasteiger partial charge in [0, 0.05) is 0 Å². The summed E-state index contributed by atoms with van der Waals surface area (Å²) in [6.07, 6.45) is 3.57. The normalized spacial score (nSPS) is 10.9. The molecule has 4 heteroatoms. The van der Waals surface area contributed by atoms with Crippen molar-refractivity contribution in [1.29, 1.82) is 0 Å². The smallest absolute Gasteiger partial charge is 0.224 e. The molecule has 4 rings (SSSR count). The maximum Gasteiger partial charge on any atom is 0.224 e. The molecule has 0 fully saturated rings. The highest BCUT2D eigenvalue weighted by Crippen LogP contribution is 2.22. The van der Waals surface area contributed by atoms with Crippen molar-refractivity contribution in [3.8, 4) is 11.3 Å². The predicted molar refractivity (Wildman–Crippen MR) is 95.9 cm³/mol. The van der Waals surface area contributed by atoms with Gasteiger partial charge in [0.25, 0.3) is 0 Å². The Morgan fingerprint density at radius 1 is 0.960 bits per heavy atom. The highest BCUT2D eigenvalue weighted by atomic mass is 16.3. The van der Waals surface area contributed by atoms with Crippen LogP contribution in [0, 0.1) is 0 Å². The van der Waals surface area contributed by atoms with Gasteiger partial charge in [0.05, 0.1) is 24.8 Å². The second-order valence-corrected chi connectivity index (χ2v) is 5.87. The molecule has 0 unspecified atom stereocenters. The van der Waals surface area contributed by atoms with Crippen molar-refractivity contribution in [1.82, 2.24) is 5.32 Å². The number of benzene rings is 2. The first kappa shape index (κ1) is 15.3. The number of carbonyl (C=O) groups is 1.